The van der Waals surface area contributed by atoms with E-state index < -0.39 is 6.10 Å². The first kappa shape index (κ1) is 76.8. The molecule has 0 saturated carbocycles. The second kappa shape index (κ2) is 68.3. The van der Waals surface area contributed by atoms with Crippen LogP contribution in [0.25, 0.3) is 0 Å². The SMILES string of the molecule is CC/C=C\C/C=C\C/C=C\C/C=C\C/C=C\C/C=C\CCCCCCCCCCC(=O)OCC(COC(=O)CCCCCCCCCCCCCCCCCCC)OC(=O)CCCCCCCC/C=C\C/C=C\C/C=C\C/C=C\CC. The Hall–Kier alpha value is -4.19. The summed E-state index contributed by atoms with van der Waals surface area (Å²) in [6.45, 7) is 6.43. The lowest BCUT2D eigenvalue weighted by molar-refractivity contribution is -0.167. The van der Waals surface area contributed by atoms with Crippen LogP contribution in [0.5, 0.6) is 0 Å². The molecule has 0 N–H and O–H groups in total. The number of allylic oxidation sites excluding steroid dienone is 20. The molecule has 1 atom stereocenters. The second-order valence-corrected chi connectivity index (χ2v) is 22.3. The Bertz CT molecular complexity index is 1670. The largest absolute Gasteiger partial charge is 0.462 e. The molecule has 0 amide bonds. The van der Waals surface area contributed by atoms with E-state index in [0.29, 0.717) is 19.3 Å². The van der Waals surface area contributed by atoms with Gasteiger partial charge >= 0.3 is 17.9 Å². The van der Waals surface area contributed by atoms with Gasteiger partial charge in [-0.15, -0.1) is 0 Å². The van der Waals surface area contributed by atoms with Crippen LogP contribution in [0.4, 0.5) is 0 Å². The van der Waals surface area contributed by atoms with E-state index in [2.05, 4.69) is 142 Å². The van der Waals surface area contributed by atoms with Crippen LogP contribution in [0, 0.1) is 0 Å². The molecule has 0 aliphatic rings. The molecular formula is C75H126O6. The van der Waals surface area contributed by atoms with Crippen molar-refractivity contribution in [2.75, 3.05) is 13.2 Å². The van der Waals surface area contributed by atoms with Crippen molar-refractivity contribution in [2.45, 2.75) is 322 Å². The van der Waals surface area contributed by atoms with Gasteiger partial charge in [-0.25, -0.2) is 0 Å². The van der Waals surface area contributed by atoms with E-state index in [4.69, 9.17) is 14.2 Å². The van der Waals surface area contributed by atoms with E-state index in [0.717, 1.165) is 141 Å². The van der Waals surface area contributed by atoms with E-state index in [1.807, 2.05) is 0 Å². The fraction of sp³-hybridized carbons (Fsp3) is 0.693. The lowest BCUT2D eigenvalue weighted by Gasteiger charge is -2.18. The molecule has 0 aliphatic heterocycles. The third kappa shape index (κ3) is 66.5. The number of unbranched alkanes of at least 4 members (excludes halogenated alkanes) is 30. The van der Waals surface area contributed by atoms with Gasteiger partial charge in [-0.2, -0.15) is 0 Å². The van der Waals surface area contributed by atoms with Gasteiger partial charge in [0, 0.05) is 19.3 Å². The number of hydrogen-bond acceptors (Lipinski definition) is 6. The first-order chi connectivity index (χ1) is 40.0. The molecule has 6 heteroatoms. The Morgan fingerprint density at radius 3 is 0.753 bits per heavy atom. The van der Waals surface area contributed by atoms with E-state index >= 15 is 0 Å². The molecular weight excluding hydrogens is 997 g/mol. The standard InChI is InChI=1S/C75H126O6/c1-4-7-10-13-16-19-22-25-28-31-33-34-35-36-37-38-39-40-42-44-47-50-53-56-59-62-65-68-74(77)80-71-72(70-79-73(76)67-64-61-58-55-52-49-46-43-30-27-24-21-18-15-12-9-6-3)81-75(78)69-66-63-60-57-54-51-48-45-41-32-29-26-23-20-17-14-11-8-5-2/h7-8,10-11,16-17,19-20,25-26,28-29,33-34,36-37,39-41,45,72H,4-6,9,12-15,18,21-24,27,30-32,35,38,42-44,46-71H2,1-3H3/b10-7-,11-8-,19-16-,20-17-,28-25-,29-26-,34-33-,37-36-,40-39-,45-41-. The Kier molecular flexibility index (Phi) is 64.8. The first-order valence-corrected chi connectivity index (χ1v) is 34.0. The van der Waals surface area contributed by atoms with Crippen molar-refractivity contribution < 1.29 is 28.6 Å². The maximum Gasteiger partial charge on any atom is 0.306 e. The maximum atomic E-state index is 12.9. The molecule has 462 valence electrons. The van der Waals surface area contributed by atoms with Gasteiger partial charge in [0.25, 0.3) is 0 Å². The summed E-state index contributed by atoms with van der Waals surface area (Å²) in [5.41, 5.74) is 0. The molecule has 0 aromatic rings. The van der Waals surface area contributed by atoms with Crippen LogP contribution in [0.1, 0.15) is 316 Å². The van der Waals surface area contributed by atoms with Crippen LogP contribution in [0.3, 0.4) is 0 Å². The molecule has 0 saturated heterocycles. The zero-order chi connectivity index (χ0) is 58.5. The average Bonchev–Trinajstić information content (AvgIpc) is 3.47. The highest BCUT2D eigenvalue weighted by molar-refractivity contribution is 5.71. The first-order valence-electron chi connectivity index (χ1n) is 34.0. The van der Waals surface area contributed by atoms with Crippen molar-refractivity contribution in [3.8, 4) is 0 Å². The maximum absolute atomic E-state index is 12.9. The second-order valence-electron chi connectivity index (χ2n) is 22.3. The number of carbonyl (C=O) groups excluding carboxylic acids is 3. The van der Waals surface area contributed by atoms with Gasteiger partial charge in [0.2, 0.25) is 0 Å². The third-order valence-corrected chi connectivity index (χ3v) is 14.5. The van der Waals surface area contributed by atoms with Crippen molar-refractivity contribution in [2.24, 2.45) is 0 Å². The predicted octanol–water partition coefficient (Wildman–Crippen LogP) is 23.6. The van der Waals surface area contributed by atoms with Crippen molar-refractivity contribution in [3.05, 3.63) is 122 Å². The van der Waals surface area contributed by atoms with Crippen molar-refractivity contribution >= 4 is 17.9 Å². The summed E-state index contributed by atoms with van der Waals surface area (Å²) in [7, 11) is 0. The highest BCUT2D eigenvalue weighted by Crippen LogP contribution is 2.17. The normalized spacial score (nSPS) is 12.9. The summed E-state index contributed by atoms with van der Waals surface area (Å²) in [4.78, 5) is 38.4. The molecule has 0 aliphatic carbocycles. The minimum Gasteiger partial charge on any atom is -0.462 e. The lowest BCUT2D eigenvalue weighted by Crippen LogP contribution is -2.30. The Morgan fingerprint density at radius 2 is 0.481 bits per heavy atom. The van der Waals surface area contributed by atoms with Gasteiger partial charge in [0.1, 0.15) is 13.2 Å². The topological polar surface area (TPSA) is 78.9 Å². The van der Waals surface area contributed by atoms with Gasteiger partial charge < -0.3 is 14.2 Å². The Morgan fingerprint density at radius 1 is 0.259 bits per heavy atom. The lowest BCUT2D eigenvalue weighted by atomic mass is 10.0. The monoisotopic (exact) mass is 1120 g/mol. The number of ether oxygens (including phenoxy) is 3. The number of esters is 3. The van der Waals surface area contributed by atoms with Crippen LogP contribution in [0.15, 0.2) is 122 Å². The minimum atomic E-state index is -0.793. The van der Waals surface area contributed by atoms with E-state index in [9.17, 15) is 14.4 Å². The third-order valence-electron chi connectivity index (χ3n) is 14.5. The molecule has 81 heavy (non-hydrogen) atoms. The quantitative estimate of drug-likeness (QED) is 0.0261. The van der Waals surface area contributed by atoms with Crippen LogP contribution < -0.4 is 0 Å². The van der Waals surface area contributed by atoms with Crippen molar-refractivity contribution in [3.63, 3.8) is 0 Å². The highest BCUT2D eigenvalue weighted by atomic mass is 16.6. The molecule has 0 radical (unpaired) electrons. The zero-order valence-electron chi connectivity index (χ0n) is 53.0. The van der Waals surface area contributed by atoms with Crippen molar-refractivity contribution in [1.82, 2.24) is 0 Å². The van der Waals surface area contributed by atoms with E-state index in [1.165, 1.54) is 135 Å². The molecule has 0 aromatic heterocycles. The summed E-state index contributed by atoms with van der Waals surface area (Å²) in [5, 5.41) is 0. The summed E-state index contributed by atoms with van der Waals surface area (Å²) in [6.07, 6.45) is 94.9. The fourth-order valence-electron chi connectivity index (χ4n) is 9.44. The van der Waals surface area contributed by atoms with Crippen LogP contribution in [-0.2, 0) is 28.6 Å². The molecule has 0 aromatic carbocycles. The summed E-state index contributed by atoms with van der Waals surface area (Å²) >= 11 is 0. The van der Waals surface area contributed by atoms with Gasteiger partial charge in [0.15, 0.2) is 6.10 Å². The highest BCUT2D eigenvalue weighted by Gasteiger charge is 2.19. The molecule has 0 rings (SSSR count). The number of rotatable bonds is 61. The Labute approximate surface area is 501 Å². The summed E-state index contributed by atoms with van der Waals surface area (Å²) < 4.78 is 17.0. The summed E-state index contributed by atoms with van der Waals surface area (Å²) in [5.74, 6) is -0.897. The van der Waals surface area contributed by atoms with Gasteiger partial charge in [-0.1, -0.05) is 309 Å². The van der Waals surface area contributed by atoms with E-state index in [-0.39, 0.29) is 31.1 Å². The zero-order valence-corrected chi connectivity index (χ0v) is 53.0. The molecule has 1 unspecified atom stereocenters. The number of carbonyl (C=O) groups is 3. The van der Waals surface area contributed by atoms with Gasteiger partial charge in [-0.05, 0) is 109 Å². The van der Waals surface area contributed by atoms with Gasteiger partial charge in [-0.3, -0.25) is 14.4 Å². The van der Waals surface area contributed by atoms with Crippen LogP contribution in [-0.4, -0.2) is 37.2 Å². The average molecular weight is 1120 g/mol. The van der Waals surface area contributed by atoms with Crippen molar-refractivity contribution in [1.29, 1.82) is 0 Å². The van der Waals surface area contributed by atoms with Crippen LogP contribution in [0.2, 0.25) is 0 Å². The minimum absolute atomic E-state index is 0.0858. The Balaban J connectivity index is 4.39. The molecule has 0 fully saturated rings. The summed E-state index contributed by atoms with van der Waals surface area (Å²) in [6, 6.07) is 0. The molecule has 0 heterocycles. The van der Waals surface area contributed by atoms with Crippen LogP contribution >= 0.6 is 0 Å². The van der Waals surface area contributed by atoms with Gasteiger partial charge in [0.05, 0.1) is 0 Å². The predicted molar refractivity (Wildman–Crippen MR) is 353 cm³/mol. The number of hydrogen-bond donors (Lipinski definition) is 0. The molecule has 0 bridgehead atoms. The van der Waals surface area contributed by atoms with E-state index in [1.54, 1.807) is 0 Å². The fourth-order valence-corrected chi connectivity index (χ4v) is 9.44. The molecule has 6 nitrogen and oxygen atoms in total. The molecule has 0 spiro atoms. The smallest absolute Gasteiger partial charge is 0.306 e.